The van der Waals surface area contributed by atoms with Gasteiger partial charge in [0.25, 0.3) is 0 Å². The topological polar surface area (TPSA) is 23.6 Å². The van der Waals surface area contributed by atoms with E-state index in [9.17, 15) is 13.6 Å². The van der Waals surface area contributed by atoms with Crippen LogP contribution in [0.25, 0.3) is 0 Å². The number of amides is 1. The fourth-order valence-electron chi connectivity index (χ4n) is 3.30. The number of carbonyl (C=O) groups is 1. The highest BCUT2D eigenvalue weighted by molar-refractivity contribution is 5.78. The molecule has 132 valence electrons. The number of benzene rings is 2. The van der Waals surface area contributed by atoms with Crippen molar-refractivity contribution in [1.82, 2.24) is 9.80 Å². The van der Waals surface area contributed by atoms with Gasteiger partial charge in [-0.1, -0.05) is 18.2 Å². The third-order valence-electron chi connectivity index (χ3n) is 4.87. The zero-order valence-corrected chi connectivity index (χ0v) is 14.5. The van der Waals surface area contributed by atoms with E-state index in [1.807, 2.05) is 13.0 Å². The van der Waals surface area contributed by atoms with Crippen LogP contribution in [0.15, 0.2) is 42.5 Å². The molecule has 2 aromatic rings. The van der Waals surface area contributed by atoms with E-state index in [1.165, 1.54) is 18.2 Å². The molecule has 1 aliphatic rings. The van der Waals surface area contributed by atoms with Crippen molar-refractivity contribution in [2.45, 2.75) is 25.9 Å². The Labute approximate surface area is 146 Å². The Morgan fingerprint density at radius 3 is 2.56 bits per heavy atom. The maximum Gasteiger partial charge on any atom is 0.236 e. The van der Waals surface area contributed by atoms with Crippen molar-refractivity contribution >= 4 is 5.91 Å². The van der Waals surface area contributed by atoms with E-state index in [0.717, 1.165) is 29.7 Å². The summed E-state index contributed by atoms with van der Waals surface area (Å²) in [5, 5.41) is 0. The van der Waals surface area contributed by atoms with Gasteiger partial charge in [-0.15, -0.1) is 0 Å². The number of rotatable bonds is 4. The Morgan fingerprint density at radius 2 is 1.84 bits per heavy atom. The van der Waals surface area contributed by atoms with Crippen molar-refractivity contribution < 1.29 is 13.6 Å². The largest absolute Gasteiger partial charge is 0.340 e. The summed E-state index contributed by atoms with van der Waals surface area (Å²) in [5.74, 6) is -0.533. The maximum atomic E-state index is 13.5. The number of hydrogen-bond acceptors (Lipinski definition) is 2. The zero-order valence-electron chi connectivity index (χ0n) is 14.5. The highest BCUT2D eigenvalue weighted by Crippen LogP contribution is 2.29. The molecular formula is C20H22F2N2O. The molecule has 1 aliphatic heterocycles. The molecule has 0 saturated carbocycles. The summed E-state index contributed by atoms with van der Waals surface area (Å²) in [4.78, 5) is 16.3. The van der Waals surface area contributed by atoms with Gasteiger partial charge in [0.2, 0.25) is 5.91 Å². The predicted molar refractivity (Wildman–Crippen MR) is 93.0 cm³/mol. The van der Waals surface area contributed by atoms with Gasteiger partial charge in [-0.2, -0.15) is 0 Å². The van der Waals surface area contributed by atoms with Crippen LogP contribution in [-0.4, -0.2) is 35.8 Å². The van der Waals surface area contributed by atoms with Gasteiger partial charge in [0.1, 0.15) is 11.6 Å². The highest BCUT2D eigenvalue weighted by atomic mass is 19.1. The lowest BCUT2D eigenvalue weighted by atomic mass is 9.93. The van der Waals surface area contributed by atoms with Crippen LogP contribution in [0, 0.1) is 11.6 Å². The summed E-state index contributed by atoms with van der Waals surface area (Å²) in [6.45, 7) is 3.50. The molecule has 2 aromatic carbocycles. The van der Waals surface area contributed by atoms with Crippen LogP contribution in [0.2, 0.25) is 0 Å². The van der Waals surface area contributed by atoms with E-state index in [-0.39, 0.29) is 30.1 Å². The molecule has 5 heteroatoms. The van der Waals surface area contributed by atoms with E-state index in [1.54, 1.807) is 30.1 Å². The summed E-state index contributed by atoms with van der Waals surface area (Å²) in [5.41, 5.74) is 2.99. The number of fused-ring (bicyclic) bond motifs is 1. The first-order chi connectivity index (χ1) is 11.9. The van der Waals surface area contributed by atoms with Crippen molar-refractivity contribution in [3.05, 3.63) is 70.8 Å². The van der Waals surface area contributed by atoms with Crippen molar-refractivity contribution in [3.8, 4) is 0 Å². The summed E-state index contributed by atoms with van der Waals surface area (Å²) in [6.07, 6.45) is 0.814. The molecule has 0 fully saturated rings. The standard InChI is InChI=1S/C20H22F2N2O/c1-14-19-11-18(22)8-5-16(19)9-10-24(14)13-20(25)23(2)12-15-3-6-17(21)7-4-15/h3-8,11,14H,9-10,12-13H2,1-2H3. The van der Waals surface area contributed by atoms with Crippen LogP contribution >= 0.6 is 0 Å². The van der Waals surface area contributed by atoms with Crippen molar-refractivity contribution in [3.63, 3.8) is 0 Å². The molecule has 1 amide bonds. The van der Waals surface area contributed by atoms with E-state index in [0.29, 0.717) is 6.54 Å². The minimum atomic E-state index is -0.286. The first kappa shape index (κ1) is 17.5. The minimum absolute atomic E-state index is 0.00243. The Morgan fingerprint density at radius 1 is 1.16 bits per heavy atom. The van der Waals surface area contributed by atoms with Gasteiger partial charge in [0.15, 0.2) is 0 Å². The van der Waals surface area contributed by atoms with Crippen molar-refractivity contribution in [2.24, 2.45) is 0 Å². The van der Waals surface area contributed by atoms with Gasteiger partial charge in [-0.25, -0.2) is 8.78 Å². The number of nitrogens with zero attached hydrogens (tertiary/aromatic N) is 2. The van der Waals surface area contributed by atoms with E-state index in [4.69, 9.17) is 0 Å². The molecule has 0 N–H and O–H groups in total. The lowest BCUT2D eigenvalue weighted by Crippen LogP contribution is -2.42. The third kappa shape index (κ3) is 4.04. The van der Waals surface area contributed by atoms with Gasteiger partial charge in [0, 0.05) is 26.2 Å². The van der Waals surface area contributed by atoms with Crippen LogP contribution in [0.1, 0.15) is 29.7 Å². The van der Waals surface area contributed by atoms with E-state index < -0.39 is 0 Å². The summed E-state index contributed by atoms with van der Waals surface area (Å²) >= 11 is 0. The molecule has 0 aromatic heterocycles. The van der Waals surface area contributed by atoms with Crippen LogP contribution < -0.4 is 0 Å². The second-order valence-corrected chi connectivity index (χ2v) is 6.62. The minimum Gasteiger partial charge on any atom is -0.340 e. The first-order valence-electron chi connectivity index (χ1n) is 8.45. The lowest BCUT2D eigenvalue weighted by molar-refractivity contribution is -0.132. The van der Waals surface area contributed by atoms with Gasteiger partial charge in [0.05, 0.1) is 6.54 Å². The predicted octanol–water partition coefficient (Wildman–Crippen LogP) is 3.54. The van der Waals surface area contributed by atoms with Gasteiger partial charge in [-0.05, 0) is 54.3 Å². The monoisotopic (exact) mass is 344 g/mol. The number of carbonyl (C=O) groups excluding carboxylic acids is 1. The normalized spacial score (nSPS) is 17.2. The Balaban J connectivity index is 1.63. The molecule has 1 unspecified atom stereocenters. The Bertz CT molecular complexity index is 761. The van der Waals surface area contributed by atoms with Crippen LogP contribution in [0.5, 0.6) is 0 Å². The number of halogens is 2. The van der Waals surface area contributed by atoms with E-state index >= 15 is 0 Å². The summed E-state index contributed by atoms with van der Waals surface area (Å²) in [6, 6.07) is 11.0. The van der Waals surface area contributed by atoms with Gasteiger partial charge < -0.3 is 4.90 Å². The second kappa shape index (κ2) is 7.31. The molecule has 0 aliphatic carbocycles. The molecule has 0 saturated heterocycles. The quantitative estimate of drug-likeness (QED) is 0.847. The molecule has 1 atom stereocenters. The maximum absolute atomic E-state index is 13.5. The third-order valence-corrected chi connectivity index (χ3v) is 4.87. The molecule has 0 radical (unpaired) electrons. The number of hydrogen-bond donors (Lipinski definition) is 0. The summed E-state index contributed by atoms with van der Waals surface area (Å²) in [7, 11) is 1.74. The van der Waals surface area contributed by atoms with Crippen LogP contribution in [-0.2, 0) is 17.8 Å². The molecular weight excluding hydrogens is 322 g/mol. The van der Waals surface area contributed by atoms with Gasteiger partial charge >= 0.3 is 0 Å². The molecule has 25 heavy (non-hydrogen) atoms. The average Bonchev–Trinajstić information content (AvgIpc) is 2.59. The van der Waals surface area contributed by atoms with Crippen LogP contribution in [0.4, 0.5) is 8.78 Å². The molecule has 0 spiro atoms. The van der Waals surface area contributed by atoms with E-state index in [2.05, 4.69) is 4.90 Å². The molecule has 3 nitrogen and oxygen atoms in total. The fourth-order valence-corrected chi connectivity index (χ4v) is 3.30. The van der Waals surface area contributed by atoms with Gasteiger partial charge in [-0.3, -0.25) is 9.69 Å². The average molecular weight is 344 g/mol. The zero-order chi connectivity index (χ0) is 18.0. The second-order valence-electron chi connectivity index (χ2n) is 6.62. The first-order valence-corrected chi connectivity index (χ1v) is 8.45. The SMILES string of the molecule is CC1c2cc(F)ccc2CCN1CC(=O)N(C)Cc1ccc(F)cc1. The lowest BCUT2D eigenvalue weighted by Gasteiger charge is -2.35. The smallest absolute Gasteiger partial charge is 0.236 e. The number of likely N-dealkylation sites (N-methyl/N-ethyl adjacent to an activating group) is 1. The van der Waals surface area contributed by atoms with Crippen molar-refractivity contribution in [2.75, 3.05) is 20.1 Å². The van der Waals surface area contributed by atoms with Crippen molar-refractivity contribution in [1.29, 1.82) is 0 Å². The molecule has 3 rings (SSSR count). The fraction of sp³-hybridized carbons (Fsp3) is 0.350. The Kier molecular flexibility index (Phi) is 5.13. The van der Waals surface area contributed by atoms with Crippen LogP contribution in [0.3, 0.4) is 0 Å². The molecule has 1 heterocycles. The molecule has 0 bridgehead atoms. The summed E-state index contributed by atoms with van der Waals surface area (Å²) < 4.78 is 26.5. The Hall–Kier alpha value is -2.27. The highest BCUT2D eigenvalue weighted by Gasteiger charge is 2.26.